The standard InChI is InChI=1S/C21H26N2O4S/c1-4-15-23(28(3,25)26)19-12-10-18(11-13-19)21(24)22-14-6-8-17-7-5-9-20(16-17)27-2/h4-5,7,9-13,16H,1,6,8,14-15H2,2-3H3,(H,22,24). The van der Waals surface area contributed by atoms with Crippen LogP contribution in [0.15, 0.2) is 61.2 Å². The Labute approximate surface area is 166 Å². The summed E-state index contributed by atoms with van der Waals surface area (Å²) in [5.41, 5.74) is 2.13. The smallest absolute Gasteiger partial charge is 0.251 e. The van der Waals surface area contributed by atoms with Gasteiger partial charge in [0.2, 0.25) is 10.0 Å². The molecule has 0 saturated carbocycles. The van der Waals surface area contributed by atoms with Crippen LogP contribution in [-0.4, -0.2) is 40.8 Å². The number of carbonyl (C=O) groups is 1. The second-order valence-electron chi connectivity index (χ2n) is 6.34. The molecule has 0 aliphatic rings. The maximum absolute atomic E-state index is 12.3. The predicted octanol–water partition coefficient (Wildman–Crippen LogP) is 3.01. The van der Waals surface area contributed by atoms with Gasteiger partial charge in [0.25, 0.3) is 5.91 Å². The number of ether oxygens (including phenoxy) is 1. The molecule has 0 unspecified atom stereocenters. The maximum Gasteiger partial charge on any atom is 0.251 e. The van der Waals surface area contributed by atoms with Gasteiger partial charge in [-0.1, -0.05) is 18.2 Å². The molecular formula is C21H26N2O4S. The highest BCUT2D eigenvalue weighted by Crippen LogP contribution is 2.18. The van der Waals surface area contributed by atoms with Gasteiger partial charge in [-0.3, -0.25) is 9.10 Å². The van der Waals surface area contributed by atoms with Crippen molar-refractivity contribution in [2.75, 3.05) is 30.8 Å². The molecule has 2 rings (SSSR count). The van der Waals surface area contributed by atoms with E-state index in [9.17, 15) is 13.2 Å². The third kappa shape index (κ3) is 6.13. The molecule has 1 N–H and O–H groups in total. The van der Waals surface area contributed by atoms with E-state index in [1.165, 1.54) is 10.4 Å². The molecule has 0 bridgehead atoms. The molecule has 0 aromatic heterocycles. The molecule has 0 atom stereocenters. The van der Waals surface area contributed by atoms with Gasteiger partial charge >= 0.3 is 0 Å². The quantitative estimate of drug-likeness (QED) is 0.490. The van der Waals surface area contributed by atoms with Crippen molar-refractivity contribution in [3.63, 3.8) is 0 Å². The van der Waals surface area contributed by atoms with Crippen molar-refractivity contribution in [1.29, 1.82) is 0 Å². The Kier molecular flexibility index (Phi) is 7.63. The van der Waals surface area contributed by atoms with E-state index in [4.69, 9.17) is 4.74 Å². The van der Waals surface area contributed by atoms with E-state index in [0.29, 0.717) is 17.8 Å². The average molecular weight is 403 g/mol. The molecule has 0 aliphatic carbocycles. The first-order valence-electron chi connectivity index (χ1n) is 8.95. The van der Waals surface area contributed by atoms with Crippen LogP contribution in [0.2, 0.25) is 0 Å². The van der Waals surface area contributed by atoms with Crippen LogP contribution in [0.4, 0.5) is 5.69 Å². The number of benzene rings is 2. The molecule has 2 aromatic rings. The number of hydrogen-bond acceptors (Lipinski definition) is 4. The third-order valence-electron chi connectivity index (χ3n) is 4.17. The first-order chi connectivity index (χ1) is 13.3. The minimum absolute atomic E-state index is 0.175. The number of carbonyl (C=O) groups excluding carboxylic acids is 1. The fourth-order valence-corrected chi connectivity index (χ4v) is 3.63. The number of sulfonamides is 1. The van der Waals surface area contributed by atoms with E-state index >= 15 is 0 Å². The molecule has 28 heavy (non-hydrogen) atoms. The van der Waals surface area contributed by atoms with Crippen LogP contribution in [-0.2, 0) is 16.4 Å². The summed E-state index contributed by atoms with van der Waals surface area (Å²) in [5.74, 6) is 0.632. The number of nitrogens with zero attached hydrogens (tertiary/aromatic N) is 1. The Balaban J connectivity index is 1.89. The van der Waals surface area contributed by atoms with Gasteiger partial charge < -0.3 is 10.1 Å². The normalized spacial score (nSPS) is 10.9. The molecule has 7 heteroatoms. The molecule has 2 aromatic carbocycles. The fourth-order valence-electron chi connectivity index (χ4n) is 2.75. The van der Waals surface area contributed by atoms with E-state index in [-0.39, 0.29) is 12.5 Å². The highest BCUT2D eigenvalue weighted by molar-refractivity contribution is 7.92. The van der Waals surface area contributed by atoms with Crippen LogP contribution in [0.3, 0.4) is 0 Å². The van der Waals surface area contributed by atoms with E-state index in [1.807, 2.05) is 24.3 Å². The number of amides is 1. The summed E-state index contributed by atoms with van der Waals surface area (Å²) in [6.07, 6.45) is 4.29. The second-order valence-corrected chi connectivity index (χ2v) is 8.25. The minimum Gasteiger partial charge on any atom is -0.497 e. The summed E-state index contributed by atoms with van der Waals surface area (Å²) >= 11 is 0. The largest absolute Gasteiger partial charge is 0.497 e. The number of methoxy groups -OCH3 is 1. The Bertz CT molecular complexity index is 908. The topological polar surface area (TPSA) is 75.7 Å². The summed E-state index contributed by atoms with van der Waals surface area (Å²) < 4.78 is 30.2. The molecule has 0 fully saturated rings. The van der Waals surface area contributed by atoms with Crippen LogP contribution in [0.1, 0.15) is 22.3 Å². The van der Waals surface area contributed by atoms with Gasteiger partial charge in [-0.05, 0) is 54.8 Å². The fraction of sp³-hybridized carbons (Fsp3) is 0.286. The molecule has 0 spiro atoms. The molecule has 150 valence electrons. The van der Waals surface area contributed by atoms with Gasteiger partial charge in [-0.15, -0.1) is 6.58 Å². The monoisotopic (exact) mass is 402 g/mol. The molecule has 0 aliphatic heterocycles. The number of nitrogens with one attached hydrogen (secondary N) is 1. The van der Waals surface area contributed by atoms with Crippen molar-refractivity contribution < 1.29 is 17.9 Å². The van der Waals surface area contributed by atoms with Gasteiger partial charge in [0, 0.05) is 12.1 Å². The Hall–Kier alpha value is -2.80. The van der Waals surface area contributed by atoms with Crippen LogP contribution in [0.5, 0.6) is 5.75 Å². The van der Waals surface area contributed by atoms with Crippen molar-refractivity contribution >= 4 is 21.6 Å². The Morgan fingerprint density at radius 3 is 2.54 bits per heavy atom. The van der Waals surface area contributed by atoms with E-state index in [1.54, 1.807) is 31.4 Å². The molecule has 1 amide bonds. The lowest BCUT2D eigenvalue weighted by atomic mass is 10.1. The number of aryl methyl sites for hydroxylation is 1. The number of anilines is 1. The van der Waals surface area contributed by atoms with Gasteiger partial charge in [-0.2, -0.15) is 0 Å². The van der Waals surface area contributed by atoms with Crippen LogP contribution in [0, 0.1) is 0 Å². The molecule has 0 radical (unpaired) electrons. The first-order valence-corrected chi connectivity index (χ1v) is 10.8. The summed E-state index contributed by atoms with van der Waals surface area (Å²) in [6.45, 7) is 4.30. The number of hydrogen-bond donors (Lipinski definition) is 1. The highest BCUT2D eigenvalue weighted by atomic mass is 32.2. The van der Waals surface area contributed by atoms with Crippen molar-refractivity contribution in [3.8, 4) is 5.75 Å². The molecule has 0 saturated heterocycles. The molecule has 6 nitrogen and oxygen atoms in total. The third-order valence-corrected chi connectivity index (χ3v) is 5.34. The summed E-state index contributed by atoms with van der Waals surface area (Å²) in [6, 6.07) is 14.3. The van der Waals surface area contributed by atoms with E-state index in [2.05, 4.69) is 11.9 Å². The lowest BCUT2D eigenvalue weighted by Gasteiger charge is -2.20. The zero-order chi connectivity index (χ0) is 20.6. The zero-order valence-electron chi connectivity index (χ0n) is 16.2. The second kappa shape index (κ2) is 9.94. The molecule has 0 heterocycles. The summed E-state index contributed by atoms with van der Waals surface area (Å²) in [4.78, 5) is 12.3. The predicted molar refractivity (Wildman–Crippen MR) is 112 cm³/mol. The zero-order valence-corrected chi connectivity index (χ0v) is 17.0. The van der Waals surface area contributed by atoms with Crippen LogP contribution in [0.25, 0.3) is 0 Å². The van der Waals surface area contributed by atoms with Crippen molar-refractivity contribution in [2.24, 2.45) is 0 Å². The molecular weight excluding hydrogens is 376 g/mol. The van der Waals surface area contributed by atoms with Crippen molar-refractivity contribution in [3.05, 3.63) is 72.3 Å². The maximum atomic E-state index is 12.3. The lowest BCUT2D eigenvalue weighted by Crippen LogP contribution is -2.30. The Morgan fingerprint density at radius 1 is 1.21 bits per heavy atom. The van der Waals surface area contributed by atoms with Gasteiger partial charge in [0.05, 0.1) is 25.6 Å². The lowest BCUT2D eigenvalue weighted by molar-refractivity contribution is 0.0953. The van der Waals surface area contributed by atoms with E-state index in [0.717, 1.165) is 30.4 Å². The summed E-state index contributed by atoms with van der Waals surface area (Å²) in [5, 5.41) is 2.88. The van der Waals surface area contributed by atoms with Crippen molar-refractivity contribution in [1.82, 2.24) is 5.32 Å². The van der Waals surface area contributed by atoms with Gasteiger partial charge in [0.15, 0.2) is 0 Å². The SMILES string of the molecule is C=CCN(c1ccc(C(=O)NCCCc2cccc(OC)c2)cc1)S(C)(=O)=O. The average Bonchev–Trinajstić information content (AvgIpc) is 2.68. The van der Waals surface area contributed by atoms with E-state index < -0.39 is 10.0 Å². The minimum atomic E-state index is -3.41. The Morgan fingerprint density at radius 2 is 1.93 bits per heavy atom. The van der Waals surface area contributed by atoms with Crippen LogP contribution < -0.4 is 14.4 Å². The van der Waals surface area contributed by atoms with Crippen molar-refractivity contribution in [2.45, 2.75) is 12.8 Å². The summed E-state index contributed by atoms with van der Waals surface area (Å²) in [7, 11) is -1.77. The van der Waals surface area contributed by atoms with Gasteiger partial charge in [-0.25, -0.2) is 8.42 Å². The first kappa shape index (κ1) is 21.5. The highest BCUT2D eigenvalue weighted by Gasteiger charge is 2.16. The van der Waals surface area contributed by atoms with Crippen LogP contribution >= 0.6 is 0 Å². The number of rotatable bonds is 10. The van der Waals surface area contributed by atoms with Gasteiger partial charge in [0.1, 0.15) is 5.75 Å².